The summed E-state index contributed by atoms with van der Waals surface area (Å²) in [6.07, 6.45) is 3.57. The van der Waals surface area contributed by atoms with Crippen LogP contribution >= 0.6 is 0 Å². The molecule has 1 aromatic carbocycles. The first-order valence-corrected chi connectivity index (χ1v) is 10.3. The number of H-pyrrole nitrogens is 1. The molecule has 3 atom stereocenters. The molecule has 1 saturated heterocycles. The molecule has 30 heavy (non-hydrogen) atoms. The van der Waals surface area contributed by atoms with Gasteiger partial charge in [-0.15, -0.1) is 0 Å². The number of imidazole rings is 1. The Balaban J connectivity index is 1.36. The molecule has 0 unspecified atom stereocenters. The molecule has 2 aromatic heterocycles. The molecule has 1 amide bonds. The molecule has 1 fully saturated rings. The van der Waals surface area contributed by atoms with Crippen LogP contribution in [0.4, 0.5) is 0 Å². The maximum absolute atomic E-state index is 13.1. The largest absolute Gasteiger partial charge is 0.383 e. The normalized spacial score (nSPS) is 21.2. The summed E-state index contributed by atoms with van der Waals surface area (Å²) >= 11 is 0. The minimum Gasteiger partial charge on any atom is -0.383 e. The number of hydrogen-bond donors (Lipinski definition) is 2. The van der Waals surface area contributed by atoms with Crippen LogP contribution in [0.15, 0.2) is 59.7 Å². The number of pyridine rings is 1. The standard InChI is InChI=1S/C23H24N4O3/c28-20(11-15-4-2-1-3-5-15)23(30)26-12-16-10-17(14-26)19-7-6-18(21-24-8-9-25-21)22(29)27(19)13-16/h1-9,16-17,20,28H,10-14H2,(H,24,25)/t16-,17+,20-/m0/s1. The van der Waals surface area contributed by atoms with Gasteiger partial charge in [0, 0.05) is 50.1 Å². The number of aliphatic hydroxyl groups is 1. The molecule has 3 aromatic rings. The number of aliphatic hydroxyl groups excluding tert-OH is 1. The first-order valence-electron chi connectivity index (χ1n) is 10.3. The Labute approximate surface area is 174 Å². The van der Waals surface area contributed by atoms with E-state index in [1.54, 1.807) is 17.3 Å². The van der Waals surface area contributed by atoms with Crippen molar-refractivity contribution in [2.75, 3.05) is 13.1 Å². The van der Waals surface area contributed by atoms with E-state index in [4.69, 9.17) is 0 Å². The molecule has 5 rings (SSSR count). The van der Waals surface area contributed by atoms with Gasteiger partial charge in [-0.05, 0) is 30.0 Å². The van der Waals surface area contributed by atoms with Crippen molar-refractivity contribution in [3.8, 4) is 11.4 Å². The summed E-state index contributed by atoms with van der Waals surface area (Å²) in [5.74, 6) is 0.654. The number of fused-ring (bicyclic) bond motifs is 4. The van der Waals surface area contributed by atoms with Crippen LogP contribution in [0.25, 0.3) is 11.4 Å². The van der Waals surface area contributed by atoms with E-state index in [9.17, 15) is 14.7 Å². The number of likely N-dealkylation sites (tertiary alicyclic amines) is 1. The summed E-state index contributed by atoms with van der Waals surface area (Å²) in [7, 11) is 0. The Bertz CT molecular complexity index is 1110. The van der Waals surface area contributed by atoms with Crippen molar-refractivity contribution in [3.05, 3.63) is 76.5 Å². The Morgan fingerprint density at radius 2 is 2.00 bits per heavy atom. The molecular formula is C23H24N4O3. The molecule has 2 N–H and O–H groups in total. The number of benzene rings is 1. The van der Waals surface area contributed by atoms with E-state index >= 15 is 0 Å². The molecule has 0 saturated carbocycles. The number of hydrogen-bond acceptors (Lipinski definition) is 4. The fourth-order valence-electron chi connectivity index (χ4n) is 4.85. The van der Waals surface area contributed by atoms with Gasteiger partial charge in [0.25, 0.3) is 11.5 Å². The molecular weight excluding hydrogens is 380 g/mol. The lowest BCUT2D eigenvalue weighted by Gasteiger charge is -2.43. The maximum Gasteiger partial charge on any atom is 0.261 e. The fourth-order valence-corrected chi connectivity index (χ4v) is 4.85. The van der Waals surface area contributed by atoms with Crippen LogP contribution in [0.2, 0.25) is 0 Å². The van der Waals surface area contributed by atoms with E-state index in [1.807, 2.05) is 47.0 Å². The summed E-state index contributed by atoms with van der Waals surface area (Å²) in [6.45, 7) is 1.68. The van der Waals surface area contributed by atoms with Gasteiger partial charge < -0.3 is 19.6 Å². The van der Waals surface area contributed by atoms with E-state index in [-0.39, 0.29) is 23.3 Å². The summed E-state index contributed by atoms with van der Waals surface area (Å²) in [6, 6.07) is 13.4. The molecule has 0 aliphatic carbocycles. The Kier molecular flexibility index (Phi) is 4.75. The molecule has 154 valence electrons. The highest BCUT2D eigenvalue weighted by molar-refractivity contribution is 5.81. The summed E-state index contributed by atoms with van der Waals surface area (Å²) in [5.41, 5.74) is 2.43. The molecule has 0 spiro atoms. The predicted molar refractivity (Wildman–Crippen MR) is 112 cm³/mol. The number of carbonyl (C=O) groups is 1. The van der Waals surface area contributed by atoms with Gasteiger partial charge >= 0.3 is 0 Å². The molecule has 2 aliphatic rings. The molecule has 7 nitrogen and oxygen atoms in total. The number of aromatic amines is 1. The number of rotatable bonds is 4. The van der Waals surface area contributed by atoms with E-state index in [2.05, 4.69) is 9.97 Å². The third kappa shape index (κ3) is 3.35. The van der Waals surface area contributed by atoms with Crippen molar-refractivity contribution in [2.45, 2.75) is 31.4 Å². The monoisotopic (exact) mass is 404 g/mol. The second-order valence-corrected chi connectivity index (χ2v) is 8.27. The quantitative estimate of drug-likeness (QED) is 0.694. The maximum atomic E-state index is 13.1. The second-order valence-electron chi connectivity index (χ2n) is 8.27. The van der Waals surface area contributed by atoms with E-state index < -0.39 is 6.10 Å². The molecule has 2 aliphatic heterocycles. The lowest BCUT2D eigenvalue weighted by atomic mass is 9.82. The molecule has 0 radical (unpaired) electrons. The number of piperidine rings is 1. The zero-order chi connectivity index (χ0) is 20.7. The van der Waals surface area contributed by atoms with Crippen molar-refractivity contribution in [1.82, 2.24) is 19.4 Å². The van der Waals surface area contributed by atoms with Gasteiger partial charge in [-0.1, -0.05) is 30.3 Å². The van der Waals surface area contributed by atoms with E-state index in [1.165, 1.54) is 0 Å². The number of nitrogens with one attached hydrogen (secondary N) is 1. The number of aromatic nitrogens is 3. The summed E-state index contributed by atoms with van der Waals surface area (Å²) in [4.78, 5) is 35.0. The van der Waals surface area contributed by atoms with Gasteiger partial charge in [-0.3, -0.25) is 9.59 Å². The van der Waals surface area contributed by atoms with Crippen molar-refractivity contribution in [1.29, 1.82) is 0 Å². The zero-order valence-electron chi connectivity index (χ0n) is 16.6. The average Bonchev–Trinajstić information content (AvgIpc) is 3.29. The highest BCUT2D eigenvalue weighted by atomic mass is 16.3. The minimum atomic E-state index is -1.05. The van der Waals surface area contributed by atoms with Crippen molar-refractivity contribution >= 4 is 5.91 Å². The molecule has 4 heterocycles. The Hall–Kier alpha value is -3.19. The number of carbonyl (C=O) groups excluding carboxylic acids is 1. The first-order chi connectivity index (χ1) is 14.6. The van der Waals surface area contributed by atoms with Gasteiger partial charge in [0.1, 0.15) is 11.9 Å². The van der Waals surface area contributed by atoms with Crippen molar-refractivity contribution in [3.63, 3.8) is 0 Å². The van der Waals surface area contributed by atoms with Crippen molar-refractivity contribution < 1.29 is 9.90 Å². The van der Waals surface area contributed by atoms with Crippen LogP contribution in [0, 0.1) is 5.92 Å². The number of amides is 1. The third-order valence-corrected chi connectivity index (χ3v) is 6.23. The zero-order valence-corrected chi connectivity index (χ0v) is 16.6. The lowest BCUT2D eigenvalue weighted by Crippen LogP contribution is -2.52. The summed E-state index contributed by atoms with van der Waals surface area (Å²) in [5, 5.41) is 10.5. The fraction of sp³-hybridized carbons (Fsp3) is 0.348. The van der Waals surface area contributed by atoms with Crippen molar-refractivity contribution in [2.24, 2.45) is 5.92 Å². The lowest BCUT2D eigenvalue weighted by molar-refractivity contribution is -0.142. The Morgan fingerprint density at radius 1 is 1.17 bits per heavy atom. The van der Waals surface area contributed by atoms with Gasteiger partial charge in [-0.2, -0.15) is 0 Å². The summed E-state index contributed by atoms with van der Waals surface area (Å²) < 4.78 is 1.85. The highest BCUT2D eigenvalue weighted by Crippen LogP contribution is 2.36. The molecule has 2 bridgehead atoms. The SMILES string of the molecule is O=C([C@@H](O)Cc1ccccc1)N1C[C@@H]2C[C@H](C1)c1ccc(-c3ncc[nH]3)c(=O)n1C2. The van der Waals surface area contributed by atoms with Crippen LogP contribution in [-0.4, -0.2) is 49.6 Å². The van der Waals surface area contributed by atoms with Gasteiger partial charge in [0.05, 0.1) is 5.56 Å². The Morgan fingerprint density at radius 3 is 2.77 bits per heavy atom. The van der Waals surface area contributed by atoms with Gasteiger partial charge in [0.2, 0.25) is 0 Å². The predicted octanol–water partition coefficient (Wildman–Crippen LogP) is 1.79. The van der Waals surface area contributed by atoms with Crippen LogP contribution in [-0.2, 0) is 17.8 Å². The van der Waals surface area contributed by atoms with Crippen LogP contribution in [0.5, 0.6) is 0 Å². The highest BCUT2D eigenvalue weighted by Gasteiger charge is 2.38. The first kappa shape index (κ1) is 18.8. The second kappa shape index (κ2) is 7.57. The van der Waals surface area contributed by atoms with Crippen LogP contribution in [0.1, 0.15) is 23.6 Å². The number of nitrogens with zero attached hydrogens (tertiary/aromatic N) is 3. The van der Waals surface area contributed by atoms with Crippen LogP contribution < -0.4 is 5.56 Å². The van der Waals surface area contributed by atoms with Gasteiger partial charge in [-0.25, -0.2) is 4.98 Å². The average molecular weight is 404 g/mol. The smallest absolute Gasteiger partial charge is 0.261 e. The third-order valence-electron chi connectivity index (χ3n) is 6.23. The van der Waals surface area contributed by atoms with Crippen LogP contribution in [0.3, 0.4) is 0 Å². The van der Waals surface area contributed by atoms with E-state index in [0.29, 0.717) is 37.4 Å². The molecule has 7 heteroatoms. The minimum absolute atomic E-state index is 0.0407. The van der Waals surface area contributed by atoms with Gasteiger partial charge in [0.15, 0.2) is 0 Å². The van der Waals surface area contributed by atoms with E-state index in [0.717, 1.165) is 17.7 Å². The topological polar surface area (TPSA) is 91.2 Å².